The molecule has 0 saturated carbocycles. The summed E-state index contributed by atoms with van der Waals surface area (Å²) in [6.45, 7) is 0.722. The number of ether oxygens (including phenoxy) is 1. The minimum Gasteiger partial charge on any atom is -0.381 e. The molecular formula is C11H15F9O. The van der Waals surface area contributed by atoms with Gasteiger partial charge in [-0.1, -0.05) is 19.8 Å². The summed E-state index contributed by atoms with van der Waals surface area (Å²) in [5.74, 6) is -18.9. The molecule has 0 bridgehead atoms. The monoisotopic (exact) mass is 334 g/mol. The second-order valence-corrected chi connectivity index (χ2v) is 4.42. The van der Waals surface area contributed by atoms with Crippen LogP contribution in [0.15, 0.2) is 0 Å². The van der Waals surface area contributed by atoms with Crippen LogP contribution in [0.25, 0.3) is 0 Å². The molecule has 10 heteroatoms. The maximum absolute atomic E-state index is 13.0. The topological polar surface area (TPSA) is 9.23 Å². The van der Waals surface area contributed by atoms with Gasteiger partial charge in [-0.3, -0.25) is 0 Å². The van der Waals surface area contributed by atoms with Crippen molar-refractivity contribution in [1.82, 2.24) is 0 Å². The third-order valence-corrected chi connectivity index (χ3v) is 2.66. The van der Waals surface area contributed by atoms with Crippen molar-refractivity contribution in [1.29, 1.82) is 0 Å². The molecular weight excluding hydrogens is 319 g/mol. The molecule has 0 fully saturated rings. The molecule has 0 radical (unpaired) electrons. The molecule has 0 aromatic carbocycles. The smallest absolute Gasteiger partial charge is 0.381 e. The van der Waals surface area contributed by atoms with Crippen LogP contribution in [0.2, 0.25) is 0 Å². The number of alkyl halides is 9. The molecule has 1 nitrogen and oxygen atoms in total. The number of hydrogen-bond donors (Lipinski definition) is 0. The average molecular weight is 334 g/mol. The van der Waals surface area contributed by atoms with E-state index in [4.69, 9.17) is 0 Å². The highest BCUT2D eigenvalue weighted by atomic mass is 19.4. The van der Waals surface area contributed by atoms with Crippen molar-refractivity contribution < 1.29 is 44.3 Å². The molecule has 0 heterocycles. The maximum atomic E-state index is 13.0. The molecule has 21 heavy (non-hydrogen) atoms. The van der Waals surface area contributed by atoms with Gasteiger partial charge in [0.05, 0.1) is 6.61 Å². The Balaban J connectivity index is 4.66. The summed E-state index contributed by atoms with van der Waals surface area (Å²) in [5.41, 5.74) is 0. The fourth-order valence-corrected chi connectivity index (χ4v) is 1.32. The first-order valence-corrected chi connectivity index (χ1v) is 6.09. The summed E-state index contributed by atoms with van der Waals surface area (Å²) in [4.78, 5) is 0. The second-order valence-electron chi connectivity index (χ2n) is 4.42. The summed E-state index contributed by atoms with van der Waals surface area (Å²) in [6, 6.07) is 0. The third-order valence-electron chi connectivity index (χ3n) is 2.66. The van der Waals surface area contributed by atoms with Crippen LogP contribution in [-0.4, -0.2) is 37.2 Å². The van der Waals surface area contributed by atoms with E-state index in [-0.39, 0.29) is 6.61 Å². The van der Waals surface area contributed by atoms with Gasteiger partial charge in [0, 0.05) is 13.0 Å². The van der Waals surface area contributed by atoms with E-state index in [0.717, 1.165) is 6.42 Å². The summed E-state index contributed by atoms with van der Waals surface area (Å²) in [6.07, 6.45) is -6.81. The Kier molecular flexibility index (Phi) is 6.83. The van der Waals surface area contributed by atoms with Crippen molar-refractivity contribution >= 4 is 0 Å². The van der Waals surface area contributed by atoms with Gasteiger partial charge in [0.1, 0.15) is 0 Å². The summed E-state index contributed by atoms with van der Waals surface area (Å²) in [7, 11) is 0. The van der Waals surface area contributed by atoms with Gasteiger partial charge in [-0.05, 0) is 6.42 Å². The van der Waals surface area contributed by atoms with Crippen LogP contribution >= 0.6 is 0 Å². The van der Waals surface area contributed by atoms with E-state index >= 15 is 0 Å². The molecule has 0 rings (SSSR count). The van der Waals surface area contributed by atoms with Crippen molar-refractivity contribution in [2.45, 2.75) is 56.6 Å². The average Bonchev–Trinajstić information content (AvgIpc) is 2.31. The Morgan fingerprint density at radius 1 is 0.714 bits per heavy atom. The predicted molar refractivity (Wildman–Crippen MR) is 55.9 cm³/mol. The second kappa shape index (κ2) is 7.06. The fourth-order valence-electron chi connectivity index (χ4n) is 1.32. The molecule has 0 atom stereocenters. The van der Waals surface area contributed by atoms with Gasteiger partial charge in [0.2, 0.25) is 0 Å². The molecule has 0 aliphatic rings. The molecule has 0 aliphatic heterocycles. The van der Waals surface area contributed by atoms with Gasteiger partial charge in [-0.2, -0.15) is 39.5 Å². The van der Waals surface area contributed by atoms with Crippen molar-refractivity contribution in [2.24, 2.45) is 0 Å². The zero-order valence-corrected chi connectivity index (χ0v) is 11.1. The van der Waals surface area contributed by atoms with Gasteiger partial charge >= 0.3 is 23.9 Å². The van der Waals surface area contributed by atoms with Gasteiger partial charge in [0.15, 0.2) is 0 Å². The minimum atomic E-state index is -6.83. The van der Waals surface area contributed by atoms with Gasteiger partial charge in [-0.15, -0.1) is 0 Å². The van der Waals surface area contributed by atoms with Crippen LogP contribution in [0.3, 0.4) is 0 Å². The maximum Gasteiger partial charge on any atom is 0.460 e. The third kappa shape index (κ3) is 4.65. The number of halogens is 9. The molecule has 0 aliphatic carbocycles. The van der Waals surface area contributed by atoms with Crippen molar-refractivity contribution in [2.75, 3.05) is 13.2 Å². The lowest BCUT2D eigenvalue weighted by Crippen LogP contribution is -2.61. The first kappa shape index (κ1) is 20.3. The molecule has 0 saturated heterocycles. The number of rotatable bonds is 9. The lowest BCUT2D eigenvalue weighted by atomic mass is 10.0. The molecule has 0 amide bonds. The summed E-state index contributed by atoms with van der Waals surface area (Å²) < 4.78 is 117. The van der Waals surface area contributed by atoms with Crippen LogP contribution in [0, 0.1) is 0 Å². The highest BCUT2D eigenvalue weighted by Gasteiger charge is 2.81. The Morgan fingerprint density at radius 3 is 1.67 bits per heavy atom. The molecule has 0 N–H and O–H groups in total. The van der Waals surface area contributed by atoms with Crippen LogP contribution in [0.5, 0.6) is 0 Å². The molecule has 0 spiro atoms. The van der Waals surface area contributed by atoms with Crippen LogP contribution in [0.1, 0.15) is 32.6 Å². The van der Waals surface area contributed by atoms with E-state index < -0.39 is 37.0 Å². The minimum absolute atomic E-state index is 0.0643. The standard InChI is InChI=1S/C11H15F9O/c1-2-3-4-6-21-7-5-8(12,13)9(14,15)10(16,17)11(18,19)20/h2-7H2,1H3. The highest BCUT2D eigenvalue weighted by Crippen LogP contribution is 2.53. The summed E-state index contributed by atoms with van der Waals surface area (Å²) >= 11 is 0. The zero-order chi connectivity index (χ0) is 16.9. The molecule has 0 aromatic rings. The lowest BCUT2D eigenvalue weighted by Gasteiger charge is -2.33. The van der Waals surface area contributed by atoms with Crippen LogP contribution in [-0.2, 0) is 4.74 Å². The Hall–Kier alpha value is -0.670. The largest absolute Gasteiger partial charge is 0.460 e. The van der Waals surface area contributed by atoms with E-state index in [9.17, 15) is 39.5 Å². The van der Waals surface area contributed by atoms with Crippen LogP contribution < -0.4 is 0 Å². The van der Waals surface area contributed by atoms with Crippen molar-refractivity contribution in [3.8, 4) is 0 Å². The van der Waals surface area contributed by atoms with Crippen molar-refractivity contribution in [3.05, 3.63) is 0 Å². The highest BCUT2D eigenvalue weighted by molar-refractivity contribution is 5.00. The Labute approximate surface area is 115 Å². The van der Waals surface area contributed by atoms with E-state index in [1.807, 2.05) is 6.92 Å². The van der Waals surface area contributed by atoms with Gasteiger partial charge in [0.25, 0.3) is 0 Å². The summed E-state index contributed by atoms with van der Waals surface area (Å²) in [5, 5.41) is 0. The fraction of sp³-hybridized carbons (Fsp3) is 1.00. The number of unbranched alkanes of at least 4 members (excludes halogenated alkanes) is 2. The SMILES string of the molecule is CCCCCOCCC(F)(F)C(F)(F)C(F)(F)C(F)(F)F. The predicted octanol–water partition coefficient (Wildman–Crippen LogP) is 5.05. The molecule has 0 unspecified atom stereocenters. The number of hydrogen-bond acceptors (Lipinski definition) is 1. The van der Waals surface area contributed by atoms with E-state index in [1.54, 1.807) is 0 Å². The van der Waals surface area contributed by atoms with E-state index in [2.05, 4.69) is 4.74 Å². The van der Waals surface area contributed by atoms with Gasteiger partial charge in [-0.25, -0.2) is 0 Å². The van der Waals surface area contributed by atoms with E-state index in [0.29, 0.717) is 12.8 Å². The molecule has 0 aromatic heterocycles. The first-order chi connectivity index (χ1) is 9.31. The molecule has 128 valence electrons. The first-order valence-electron chi connectivity index (χ1n) is 6.09. The normalized spacial score (nSPS) is 14.6. The van der Waals surface area contributed by atoms with Crippen LogP contribution in [0.4, 0.5) is 39.5 Å². The quantitative estimate of drug-likeness (QED) is 0.423. The lowest BCUT2D eigenvalue weighted by molar-refractivity contribution is -0.397. The van der Waals surface area contributed by atoms with E-state index in [1.165, 1.54) is 0 Å². The zero-order valence-electron chi connectivity index (χ0n) is 11.1. The Morgan fingerprint density at radius 2 is 1.24 bits per heavy atom. The Bertz CT molecular complexity index is 311. The van der Waals surface area contributed by atoms with Crippen molar-refractivity contribution in [3.63, 3.8) is 0 Å². The van der Waals surface area contributed by atoms with Gasteiger partial charge < -0.3 is 4.74 Å².